The predicted octanol–water partition coefficient (Wildman–Crippen LogP) is 2.49. The van der Waals surface area contributed by atoms with Gasteiger partial charge < -0.3 is 10.0 Å². The highest BCUT2D eigenvalue weighted by atomic mass is 79.9. The predicted molar refractivity (Wildman–Crippen MR) is 68.9 cm³/mol. The van der Waals surface area contributed by atoms with Gasteiger partial charge in [0.15, 0.2) is 0 Å². The maximum absolute atomic E-state index is 8.67. The Balaban J connectivity index is 2.51. The Hall–Kier alpha value is -0.390. The maximum Gasteiger partial charge on any atom is 0.224 e. The summed E-state index contributed by atoms with van der Waals surface area (Å²) in [5, 5.41) is 8.92. The number of unbranched alkanes of at least 4 members (excludes halogenated alkanes) is 2. The lowest BCUT2D eigenvalue weighted by Crippen LogP contribution is -2.20. The summed E-state index contributed by atoms with van der Waals surface area (Å²) >= 11 is 9.13. The van der Waals surface area contributed by atoms with Gasteiger partial charge in [-0.1, -0.05) is 0 Å². The molecule has 4 nitrogen and oxygen atoms in total. The molecule has 6 heteroatoms. The lowest BCUT2D eigenvalue weighted by Gasteiger charge is -2.19. The normalized spacial score (nSPS) is 10.5. The largest absolute Gasteiger partial charge is 0.396 e. The molecule has 1 aromatic rings. The van der Waals surface area contributed by atoms with Gasteiger partial charge in [0.25, 0.3) is 0 Å². The molecule has 0 unspecified atom stereocenters. The van der Waals surface area contributed by atoms with E-state index in [4.69, 9.17) is 16.7 Å². The van der Waals surface area contributed by atoms with E-state index in [1.807, 2.05) is 11.9 Å². The van der Waals surface area contributed by atoms with E-state index >= 15 is 0 Å². The summed E-state index contributed by atoms with van der Waals surface area (Å²) in [6.07, 6.45) is 4.52. The molecule has 90 valence electrons. The van der Waals surface area contributed by atoms with Gasteiger partial charge in [0.2, 0.25) is 5.28 Å². The fourth-order valence-corrected chi connectivity index (χ4v) is 1.97. The number of rotatable bonds is 6. The van der Waals surface area contributed by atoms with E-state index in [2.05, 4.69) is 25.9 Å². The van der Waals surface area contributed by atoms with E-state index in [1.54, 1.807) is 6.20 Å². The molecule has 0 radical (unpaired) electrons. The first kappa shape index (κ1) is 13.7. The number of hydrogen-bond donors (Lipinski definition) is 1. The van der Waals surface area contributed by atoms with Crippen LogP contribution in [0, 0.1) is 0 Å². The van der Waals surface area contributed by atoms with Crippen LogP contribution in [0.4, 0.5) is 5.82 Å². The van der Waals surface area contributed by atoms with Crippen molar-refractivity contribution in [1.29, 1.82) is 0 Å². The molecule has 0 atom stereocenters. The number of hydrogen-bond acceptors (Lipinski definition) is 4. The van der Waals surface area contributed by atoms with E-state index in [-0.39, 0.29) is 11.9 Å². The molecule has 16 heavy (non-hydrogen) atoms. The number of nitrogens with zero attached hydrogens (tertiary/aromatic N) is 3. The summed E-state index contributed by atoms with van der Waals surface area (Å²) in [5.41, 5.74) is 0. The Morgan fingerprint density at radius 2 is 2.19 bits per heavy atom. The molecular formula is C10H15BrClN3O. The van der Waals surface area contributed by atoms with Gasteiger partial charge in [0.05, 0.1) is 4.47 Å². The molecule has 0 aromatic carbocycles. The molecule has 0 bridgehead atoms. The van der Waals surface area contributed by atoms with Gasteiger partial charge in [-0.25, -0.2) is 4.98 Å². The van der Waals surface area contributed by atoms with Gasteiger partial charge in [-0.05, 0) is 46.8 Å². The van der Waals surface area contributed by atoms with E-state index in [0.29, 0.717) is 0 Å². The Morgan fingerprint density at radius 3 is 2.88 bits per heavy atom. The number of aliphatic hydroxyl groups excluding tert-OH is 1. The first-order valence-electron chi connectivity index (χ1n) is 5.15. The third-order valence-electron chi connectivity index (χ3n) is 2.21. The zero-order chi connectivity index (χ0) is 12.0. The fraction of sp³-hybridized carbons (Fsp3) is 0.600. The monoisotopic (exact) mass is 307 g/mol. The van der Waals surface area contributed by atoms with Crippen LogP contribution in [0.15, 0.2) is 10.7 Å². The number of anilines is 1. The zero-order valence-corrected chi connectivity index (χ0v) is 11.5. The minimum Gasteiger partial charge on any atom is -0.396 e. The van der Waals surface area contributed by atoms with Crippen molar-refractivity contribution in [3.63, 3.8) is 0 Å². The van der Waals surface area contributed by atoms with Crippen LogP contribution in [0.25, 0.3) is 0 Å². The Kier molecular flexibility index (Phi) is 6.01. The van der Waals surface area contributed by atoms with Crippen LogP contribution < -0.4 is 4.90 Å². The second-order valence-corrected chi connectivity index (χ2v) is 4.71. The molecule has 0 amide bonds. The molecule has 0 saturated heterocycles. The Labute approximate surface area is 109 Å². The van der Waals surface area contributed by atoms with Gasteiger partial charge in [0.1, 0.15) is 5.82 Å². The van der Waals surface area contributed by atoms with Crippen molar-refractivity contribution in [2.24, 2.45) is 0 Å². The molecule has 1 N–H and O–H groups in total. The minimum absolute atomic E-state index is 0.250. The second kappa shape index (κ2) is 7.04. The second-order valence-electron chi connectivity index (χ2n) is 3.52. The summed E-state index contributed by atoms with van der Waals surface area (Å²) in [7, 11) is 1.96. The third-order valence-corrected chi connectivity index (χ3v) is 2.95. The van der Waals surface area contributed by atoms with E-state index in [9.17, 15) is 0 Å². The first-order valence-corrected chi connectivity index (χ1v) is 6.32. The van der Waals surface area contributed by atoms with Crippen molar-refractivity contribution in [3.05, 3.63) is 16.0 Å². The van der Waals surface area contributed by atoms with Crippen LogP contribution in [-0.2, 0) is 0 Å². The van der Waals surface area contributed by atoms with Crippen LogP contribution in [0.2, 0.25) is 5.28 Å². The smallest absolute Gasteiger partial charge is 0.224 e. The van der Waals surface area contributed by atoms with Crippen molar-refractivity contribution < 1.29 is 5.11 Å². The Bertz CT molecular complexity index is 338. The number of aromatic nitrogens is 2. The molecule has 1 aromatic heterocycles. The molecule has 0 spiro atoms. The average molecular weight is 309 g/mol. The molecule has 0 saturated carbocycles. The standard InChI is InChI=1S/C10H15BrClN3O/c1-15(5-3-2-4-6-16)9-8(11)7-13-10(12)14-9/h7,16H,2-6H2,1H3. The summed E-state index contributed by atoms with van der Waals surface area (Å²) in [6.45, 7) is 1.14. The number of aliphatic hydroxyl groups is 1. The van der Waals surface area contributed by atoms with Crippen molar-refractivity contribution >= 4 is 33.3 Å². The quantitative estimate of drug-likeness (QED) is 0.648. The van der Waals surface area contributed by atoms with E-state index in [1.165, 1.54) is 0 Å². The lowest BCUT2D eigenvalue weighted by molar-refractivity contribution is 0.283. The van der Waals surface area contributed by atoms with Crippen LogP contribution in [0.1, 0.15) is 19.3 Å². The summed E-state index contributed by atoms with van der Waals surface area (Å²) in [6, 6.07) is 0. The molecule has 1 rings (SSSR count). The zero-order valence-electron chi connectivity index (χ0n) is 9.16. The first-order chi connectivity index (χ1) is 7.65. The lowest BCUT2D eigenvalue weighted by atomic mass is 10.2. The topological polar surface area (TPSA) is 49.2 Å². The van der Waals surface area contributed by atoms with Crippen LogP contribution in [-0.4, -0.2) is 35.3 Å². The highest BCUT2D eigenvalue weighted by Gasteiger charge is 2.08. The van der Waals surface area contributed by atoms with Crippen molar-refractivity contribution in [2.75, 3.05) is 25.1 Å². The van der Waals surface area contributed by atoms with E-state index in [0.717, 1.165) is 36.1 Å². The average Bonchev–Trinajstić information content (AvgIpc) is 2.27. The molecule has 0 fully saturated rings. The third kappa shape index (κ3) is 4.23. The van der Waals surface area contributed by atoms with Crippen LogP contribution in [0.5, 0.6) is 0 Å². The number of halogens is 2. The van der Waals surface area contributed by atoms with Gasteiger partial charge >= 0.3 is 0 Å². The SMILES string of the molecule is CN(CCCCCO)c1nc(Cl)ncc1Br. The van der Waals surface area contributed by atoms with Crippen LogP contribution in [0.3, 0.4) is 0 Å². The maximum atomic E-state index is 8.67. The van der Waals surface area contributed by atoms with Crippen LogP contribution >= 0.6 is 27.5 Å². The van der Waals surface area contributed by atoms with Gasteiger partial charge in [-0.15, -0.1) is 0 Å². The summed E-state index contributed by atoms with van der Waals surface area (Å²) in [5.74, 6) is 0.795. The molecule has 0 aliphatic rings. The van der Waals surface area contributed by atoms with Crippen molar-refractivity contribution in [3.8, 4) is 0 Å². The van der Waals surface area contributed by atoms with Gasteiger partial charge in [0, 0.05) is 26.4 Å². The highest BCUT2D eigenvalue weighted by molar-refractivity contribution is 9.10. The molecule has 1 heterocycles. The molecular weight excluding hydrogens is 293 g/mol. The summed E-state index contributed by atoms with van der Waals surface area (Å²) < 4.78 is 0.835. The molecule has 0 aliphatic carbocycles. The molecule has 0 aliphatic heterocycles. The van der Waals surface area contributed by atoms with Gasteiger partial charge in [-0.2, -0.15) is 4.98 Å². The minimum atomic E-state index is 0.250. The summed E-state index contributed by atoms with van der Waals surface area (Å²) in [4.78, 5) is 10.1. The fourth-order valence-electron chi connectivity index (χ4n) is 1.35. The van der Waals surface area contributed by atoms with E-state index < -0.39 is 0 Å². The van der Waals surface area contributed by atoms with Crippen molar-refractivity contribution in [1.82, 2.24) is 9.97 Å². The Morgan fingerprint density at radius 1 is 1.44 bits per heavy atom. The van der Waals surface area contributed by atoms with Crippen molar-refractivity contribution in [2.45, 2.75) is 19.3 Å². The highest BCUT2D eigenvalue weighted by Crippen LogP contribution is 2.23. The van der Waals surface area contributed by atoms with Gasteiger partial charge in [-0.3, -0.25) is 0 Å².